The lowest BCUT2D eigenvalue weighted by atomic mass is 10.1. The molecule has 0 amide bonds. The van der Waals surface area contributed by atoms with E-state index in [2.05, 4.69) is 9.98 Å². The number of nitrogens with one attached hydrogen (secondary N) is 1. The van der Waals surface area contributed by atoms with Crippen LogP contribution in [0.2, 0.25) is 10.0 Å². The minimum Gasteiger partial charge on any atom is -0.497 e. The van der Waals surface area contributed by atoms with Crippen molar-refractivity contribution in [1.82, 2.24) is 4.98 Å². The molecule has 0 unspecified atom stereocenters. The summed E-state index contributed by atoms with van der Waals surface area (Å²) in [4.78, 5) is 7.20. The van der Waals surface area contributed by atoms with Gasteiger partial charge in [-0.05, 0) is 30.3 Å². The van der Waals surface area contributed by atoms with Crippen molar-refractivity contribution >= 4 is 46.0 Å². The maximum atomic E-state index is 10.1. The molecule has 0 spiro atoms. The van der Waals surface area contributed by atoms with Crippen LogP contribution in [0.3, 0.4) is 0 Å². The molecule has 2 aromatic carbocycles. The highest BCUT2D eigenvalue weighted by Crippen LogP contribution is 2.33. The number of aromatic hydroxyl groups is 1. The van der Waals surface area contributed by atoms with Crippen LogP contribution in [0.4, 0.5) is 5.69 Å². The number of aromatic amines is 1. The Kier molecular flexibility index (Phi) is 3.96. The van der Waals surface area contributed by atoms with Crippen molar-refractivity contribution in [3.05, 3.63) is 52.0 Å². The van der Waals surface area contributed by atoms with Gasteiger partial charge in [-0.25, -0.2) is 0 Å². The van der Waals surface area contributed by atoms with E-state index in [1.165, 1.54) is 0 Å². The molecule has 0 atom stereocenters. The van der Waals surface area contributed by atoms with E-state index in [0.29, 0.717) is 27.0 Å². The van der Waals surface area contributed by atoms with Crippen LogP contribution in [0.5, 0.6) is 11.6 Å². The predicted octanol–water partition coefficient (Wildman–Crippen LogP) is 4.94. The molecule has 1 aromatic heterocycles. The van der Waals surface area contributed by atoms with Crippen molar-refractivity contribution in [1.29, 1.82) is 0 Å². The highest BCUT2D eigenvalue weighted by Gasteiger charge is 2.10. The van der Waals surface area contributed by atoms with Crippen LogP contribution >= 0.6 is 23.2 Å². The second-order valence-corrected chi connectivity index (χ2v) is 5.42. The summed E-state index contributed by atoms with van der Waals surface area (Å²) in [6.45, 7) is 0. The first-order valence-electron chi connectivity index (χ1n) is 6.47. The molecule has 6 heteroatoms. The monoisotopic (exact) mass is 334 g/mol. The summed E-state index contributed by atoms with van der Waals surface area (Å²) in [6.07, 6.45) is 1.55. The largest absolute Gasteiger partial charge is 0.497 e. The van der Waals surface area contributed by atoms with Gasteiger partial charge in [0.15, 0.2) is 5.88 Å². The van der Waals surface area contributed by atoms with E-state index in [-0.39, 0.29) is 5.88 Å². The molecule has 1 heterocycles. The first-order valence-corrected chi connectivity index (χ1v) is 7.22. The molecule has 2 N–H and O–H groups in total. The van der Waals surface area contributed by atoms with E-state index in [9.17, 15) is 5.11 Å². The molecule has 0 aliphatic rings. The Morgan fingerprint density at radius 1 is 1.23 bits per heavy atom. The third-order valence-corrected chi connectivity index (χ3v) is 4.10. The summed E-state index contributed by atoms with van der Waals surface area (Å²) in [6, 6.07) is 10.7. The second kappa shape index (κ2) is 5.91. The third kappa shape index (κ3) is 2.63. The standard InChI is InChI=1S/C16H12Cl2N2O2/c1-22-9-5-6-13-10(7-9)11(16(21)20-13)8-19-14-4-2-3-12(17)15(14)18/h2-8,20-21H,1H3. The zero-order valence-electron chi connectivity index (χ0n) is 11.6. The second-order valence-electron chi connectivity index (χ2n) is 4.63. The fourth-order valence-corrected chi connectivity index (χ4v) is 2.51. The summed E-state index contributed by atoms with van der Waals surface area (Å²) in [7, 11) is 1.59. The predicted molar refractivity (Wildman–Crippen MR) is 90.2 cm³/mol. The molecular weight excluding hydrogens is 323 g/mol. The van der Waals surface area contributed by atoms with E-state index in [4.69, 9.17) is 27.9 Å². The number of hydrogen-bond acceptors (Lipinski definition) is 3. The number of aliphatic imine (C=N–C) groups is 1. The quantitative estimate of drug-likeness (QED) is 0.666. The fourth-order valence-electron chi connectivity index (χ4n) is 2.16. The van der Waals surface area contributed by atoms with Gasteiger partial charge in [0.05, 0.1) is 28.4 Å². The van der Waals surface area contributed by atoms with Gasteiger partial charge in [0.2, 0.25) is 0 Å². The zero-order valence-corrected chi connectivity index (χ0v) is 13.1. The van der Waals surface area contributed by atoms with E-state index in [1.54, 1.807) is 31.5 Å². The summed E-state index contributed by atoms with van der Waals surface area (Å²) < 4.78 is 5.21. The molecule has 0 radical (unpaired) electrons. The fraction of sp³-hybridized carbons (Fsp3) is 0.0625. The number of nitrogens with zero attached hydrogens (tertiary/aromatic N) is 1. The number of aromatic nitrogens is 1. The molecule has 0 saturated heterocycles. The lowest BCUT2D eigenvalue weighted by molar-refractivity contribution is 0.415. The summed E-state index contributed by atoms with van der Waals surface area (Å²) in [5, 5.41) is 11.7. The Morgan fingerprint density at radius 2 is 2.05 bits per heavy atom. The van der Waals surface area contributed by atoms with Gasteiger partial charge >= 0.3 is 0 Å². The van der Waals surface area contributed by atoms with Crippen molar-refractivity contribution in [2.24, 2.45) is 4.99 Å². The lowest BCUT2D eigenvalue weighted by Gasteiger charge is -2.00. The van der Waals surface area contributed by atoms with Gasteiger partial charge in [-0.3, -0.25) is 4.99 Å². The minimum absolute atomic E-state index is 0.0325. The number of benzene rings is 2. The van der Waals surface area contributed by atoms with E-state index < -0.39 is 0 Å². The van der Waals surface area contributed by atoms with Crippen molar-refractivity contribution < 1.29 is 9.84 Å². The van der Waals surface area contributed by atoms with Crippen LogP contribution in [0.1, 0.15) is 5.56 Å². The first-order chi connectivity index (χ1) is 10.6. The highest BCUT2D eigenvalue weighted by molar-refractivity contribution is 6.43. The Morgan fingerprint density at radius 3 is 2.82 bits per heavy atom. The Bertz CT molecular complexity index is 872. The van der Waals surface area contributed by atoms with Crippen LogP contribution in [0, 0.1) is 0 Å². The Hall–Kier alpha value is -2.17. The molecule has 0 bridgehead atoms. The van der Waals surface area contributed by atoms with Crippen LogP contribution in [0.25, 0.3) is 10.9 Å². The lowest BCUT2D eigenvalue weighted by Crippen LogP contribution is -1.83. The van der Waals surface area contributed by atoms with Crippen molar-refractivity contribution in [3.63, 3.8) is 0 Å². The van der Waals surface area contributed by atoms with Crippen LogP contribution in [-0.4, -0.2) is 23.4 Å². The Balaban J connectivity index is 2.08. The maximum absolute atomic E-state index is 10.1. The molecular formula is C16H12Cl2N2O2. The molecule has 112 valence electrons. The van der Waals surface area contributed by atoms with Crippen molar-refractivity contribution in [2.75, 3.05) is 7.11 Å². The normalized spacial score (nSPS) is 11.4. The summed E-state index contributed by atoms with van der Waals surface area (Å²) >= 11 is 12.1. The Labute approximate surface area is 137 Å². The van der Waals surface area contributed by atoms with Crippen LogP contribution in [0.15, 0.2) is 41.4 Å². The summed E-state index contributed by atoms with van der Waals surface area (Å²) in [5.74, 6) is 0.729. The number of rotatable bonds is 3. The smallest absolute Gasteiger partial charge is 0.198 e. The number of ether oxygens (including phenoxy) is 1. The van der Waals surface area contributed by atoms with Gasteiger partial charge in [0.25, 0.3) is 0 Å². The highest BCUT2D eigenvalue weighted by atomic mass is 35.5. The number of halogens is 2. The van der Waals surface area contributed by atoms with Gasteiger partial charge < -0.3 is 14.8 Å². The molecule has 0 fully saturated rings. The SMILES string of the molecule is COc1ccc2[nH]c(O)c(C=Nc3cccc(Cl)c3Cl)c2c1. The van der Waals surface area contributed by atoms with Crippen molar-refractivity contribution in [3.8, 4) is 11.6 Å². The van der Waals surface area contributed by atoms with Crippen LogP contribution in [-0.2, 0) is 0 Å². The zero-order chi connectivity index (χ0) is 15.7. The van der Waals surface area contributed by atoms with Gasteiger partial charge in [0, 0.05) is 17.1 Å². The number of methoxy groups -OCH3 is 1. The maximum Gasteiger partial charge on any atom is 0.198 e. The molecule has 0 saturated carbocycles. The van der Waals surface area contributed by atoms with Gasteiger partial charge in [-0.15, -0.1) is 0 Å². The summed E-state index contributed by atoms with van der Waals surface area (Å²) in [5.41, 5.74) is 1.88. The topological polar surface area (TPSA) is 57.6 Å². The molecule has 0 aliphatic heterocycles. The first kappa shape index (κ1) is 14.8. The number of H-pyrrole nitrogens is 1. The molecule has 3 aromatic rings. The minimum atomic E-state index is 0.0325. The van der Waals surface area contributed by atoms with E-state index in [0.717, 1.165) is 10.9 Å². The molecule has 22 heavy (non-hydrogen) atoms. The van der Waals surface area contributed by atoms with Crippen LogP contribution < -0.4 is 4.74 Å². The number of hydrogen-bond donors (Lipinski definition) is 2. The van der Waals surface area contributed by atoms with Crippen molar-refractivity contribution in [2.45, 2.75) is 0 Å². The van der Waals surface area contributed by atoms with E-state index >= 15 is 0 Å². The van der Waals surface area contributed by atoms with Gasteiger partial charge in [-0.2, -0.15) is 0 Å². The van der Waals surface area contributed by atoms with Gasteiger partial charge in [0.1, 0.15) is 5.75 Å². The average Bonchev–Trinajstić information content (AvgIpc) is 2.83. The average molecular weight is 335 g/mol. The molecule has 3 rings (SSSR count). The third-order valence-electron chi connectivity index (χ3n) is 3.29. The van der Waals surface area contributed by atoms with E-state index in [1.807, 2.05) is 18.2 Å². The van der Waals surface area contributed by atoms with Gasteiger partial charge in [-0.1, -0.05) is 29.3 Å². The molecule has 0 aliphatic carbocycles. The molecule has 4 nitrogen and oxygen atoms in total. The number of fused-ring (bicyclic) bond motifs is 1.